The molecule has 0 N–H and O–H groups in total. The molecule has 0 fully saturated rings. The summed E-state index contributed by atoms with van der Waals surface area (Å²) in [5.74, 6) is 1.27. The normalized spacial score (nSPS) is 13.2. The quantitative estimate of drug-likeness (QED) is 0.610. The third kappa shape index (κ3) is 3.88. The molecule has 0 aliphatic carbocycles. The highest BCUT2D eigenvalue weighted by atomic mass is 35.5. The largest absolute Gasteiger partial charge is 0.338 e. The molecule has 0 spiro atoms. The zero-order valence-electron chi connectivity index (χ0n) is 14.8. The van der Waals surface area contributed by atoms with Gasteiger partial charge in [-0.2, -0.15) is 4.98 Å². The zero-order chi connectivity index (χ0) is 18.2. The van der Waals surface area contributed by atoms with E-state index in [1.807, 2.05) is 36.6 Å². The van der Waals surface area contributed by atoms with Crippen LogP contribution in [0.4, 0.5) is 0 Å². The van der Waals surface area contributed by atoms with Crippen LogP contribution in [0.2, 0.25) is 5.02 Å². The Morgan fingerprint density at radius 1 is 1.28 bits per heavy atom. The summed E-state index contributed by atoms with van der Waals surface area (Å²) in [4.78, 5) is 4.51. The van der Waals surface area contributed by atoms with E-state index in [0.717, 1.165) is 16.4 Å². The summed E-state index contributed by atoms with van der Waals surface area (Å²) in [6.45, 7) is 10.1. The van der Waals surface area contributed by atoms with E-state index >= 15 is 0 Å². The molecule has 0 amide bonds. The van der Waals surface area contributed by atoms with Crippen molar-refractivity contribution in [2.45, 2.75) is 50.4 Å². The van der Waals surface area contributed by atoms with E-state index in [9.17, 15) is 0 Å². The van der Waals surface area contributed by atoms with Crippen molar-refractivity contribution < 1.29 is 4.52 Å². The lowest BCUT2D eigenvalue weighted by molar-refractivity contribution is 0.364. The Morgan fingerprint density at radius 2 is 2.04 bits per heavy atom. The number of benzene rings is 1. The molecule has 1 atom stereocenters. The van der Waals surface area contributed by atoms with Gasteiger partial charge in [-0.15, -0.1) is 10.2 Å². The first-order valence-corrected chi connectivity index (χ1v) is 9.19. The lowest BCUT2D eigenvalue weighted by Gasteiger charge is -2.11. The maximum Gasteiger partial charge on any atom is 0.239 e. The molecule has 0 unspecified atom stereocenters. The van der Waals surface area contributed by atoms with Crippen molar-refractivity contribution in [1.29, 1.82) is 0 Å². The van der Waals surface area contributed by atoms with Gasteiger partial charge in [-0.05, 0) is 31.5 Å². The Labute approximate surface area is 156 Å². The van der Waals surface area contributed by atoms with E-state index < -0.39 is 0 Å². The van der Waals surface area contributed by atoms with Gasteiger partial charge in [0.2, 0.25) is 5.89 Å². The Morgan fingerprint density at radius 3 is 2.68 bits per heavy atom. The molecule has 0 saturated carbocycles. The lowest BCUT2D eigenvalue weighted by Crippen LogP contribution is -2.13. The lowest BCUT2D eigenvalue weighted by atomic mass is 9.96. The third-order valence-electron chi connectivity index (χ3n) is 3.69. The first kappa shape index (κ1) is 17.9. The fourth-order valence-electron chi connectivity index (χ4n) is 2.13. The molecule has 6 nitrogen and oxygen atoms in total. The van der Waals surface area contributed by atoms with Crippen molar-refractivity contribution in [2.24, 2.45) is 0 Å². The molecule has 8 heteroatoms. The molecule has 0 radical (unpaired) electrons. The number of aromatic nitrogens is 5. The topological polar surface area (TPSA) is 69.6 Å². The molecule has 0 aliphatic heterocycles. The van der Waals surface area contributed by atoms with Crippen LogP contribution in [0.1, 0.15) is 50.2 Å². The molecule has 3 rings (SSSR count). The number of thioether (sulfide) groups is 1. The van der Waals surface area contributed by atoms with Gasteiger partial charge in [-0.25, -0.2) is 0 Å². The van der Waals surface area contributed by atoms with E-state index in [1.54, 1.807) is 6.33 Å². The van der Waals surface area contributed by atoms with Crippen molar-refractivity contribution in [1.82, 2.24) is 24.9 Å². The summed E-state index contributed by atoms with van der Waals surface area (Å²) in [5, 5.41) is 13.7. The molecule has 3 aromatic rings. The molecular weight excluding hydrogens is 358 g/mol. The molecule has 132 valence electrons. The number of rotatable bonds is 4. The van der Waals surface area contributed by atoms with Crippen molar-refractivity contribution in [3.8, 4) is 5.69 Å². The van der Waals surface area contributed by atoms with Gasteiger partial charge in [-0.3, -0.25) is 4.57 Å². The van der Waals surface area contributed by atoms with Gasteiger partial charge in [-0.1, -0.05) is 55.4 Å². The van der Waals surface area contributed by atoms with Crippen LogP contribution < -0.4 is 0 Å². The second-order valence-electron chi connectivity index (χ2n) is 6.88. The van der Waals surface area contributed by atoms with Crippen LogP contribution in [-0.2, 0) is 5.41 Å². The number of nitrogens with zero attached hydrogens (tertiary/aromatic N) is 5. The SMILES string of the molecule is Cc1ccc(-n2cnnc2S[C@H](C)c2nc(C(C)(C)C)no2)cc1Cl. The average molecular weight is 378 g/mol. The average Bonchev–Trinajstić information content (AvgIpc) is 3.18. The Kier molecular flexibility index (Phi) is 4.88. The van der Waals surface area contributed by atoms with E-state index in [-0.39, 0.29) is 10.7 Å². The molecule has 2 heterocycles. The van der Waals surface area contributed by atoms with Crippen LogP contribution in [-0.4, -0.2) is 24.9 Å². The molecule has 25 heavy (non-hydrogen) atoms. The van der Waals surface area contributed by atoms with Gasteiger partial charge in [0.15, 0.2) is 11.0 Å². The smallest absolute Gasteiger partial charge is 0.239 e. The van der Waals surface area contributed by atoms with E-state index in [0.29, 0.717) is 16.7 Å². The predicted octanol–water partition coefficient (Wildman–Crippen LogP) is 4.76. The highest BCUT2D eigenvalue weighted by Gasteiger charge is 2.24. The standard InChI is InChI=1S/C17H20ClN5OS/c1-10-6-7-12(8-13(10)18)23-9-19-21-16(23)25-11(2)14-20-15(22-24-14)17(3,4)5/h6-9,11H,1-5H3/t11-/m1/s1. The first-order valence-electron chi connectivity index (χ1n) is 7.93. The van der Waals surface area contributed by atoms with Crippen LogP contribution in [0, 0.1) is 6.92 Å². The summed E-state index contributed by atoms with van der Waals surface area (Å²) in [6.07, 6.45) is 1.67. The summed E-state index contributed by atoms with van der Waals surface area (Å²) in [5.41, 5.74) is 1.79. The Balaban J connectivity index is 1.83. The molecule has 2 aromatic heterocycles. The summed E-state index contributed by atoms with van der Waals surface area (Å²) >= 11 is 7.74. The van der Waals surface area contributed by atoms with Crippen LogP contribution in [0.3, 0.4) is 0 Å². The van der Waals surface area contributed by atoms with Gasteiger partial charge < -0.3 is 4.52 Å². The Hall–Kier alpha value is -1.86. The maximum atomic E-state index is 6.24. The highest BCUT2D eigenvalue weighted by Crippen LogP contribution is 2.35. The minimum atomic E-state index is -0.148. The van der Waals surface area contributed by atoms with Crippen molar-refractivity contribution >= 4 is 23.4 Å². The fraction of sp³-hybridized carbons (Fsp3) is 0.412. The van der Waals surface area contributed by atoms with E-state index in [1.165, 1.54) is 11.8 Å². The first-order chi connectivity index (χ1) is 11.8. The van der Waals surface area contributed by atoms with Gasteiger partial charge >= 0.3 is 0 Å². The van der Waals surface area contributed by atoms with E-state index in [2.05, 4.69) is 41.1 Å². The molecule has 0 saturated heterocycles. The van der Waals surface area contributed by atoms with Gasteiger partial charge in [0.05, 0.1) is 10.9 Å². The molecule has 0 bridgehead atoms. The highest BCUT2D eigenvalue weighted by molar-refractivity contribution is 7.99. The van der Waals surface area contributed by atoms with E-state index in [4.69, 9.17) is 16.1 Å². The van der Waals surface area contributed by atoms with Crippen molar-refractivity contribution in [2.75, 3.05) is 0 Å². The predicted molar refractivity (Wildman–Crippen MR) is 98.4 cm³/mol. The minimum Gasteiger partial charge on any atom is -0.338 e. The number of aryl methyl sites for hydroxylation is 1. The van der Waals surface area contributed by atoms with Gasteiger partial charge in [0, 0.05) is 10.4 Å². The fourth-order valence-corrected chi connectivity index (χ4v) is 3.17. The molecular formula is C17H20ClN5OS. The van der Waals surface area contributed by atoms with Crippen LogP contribution in [0.15, 0.2) is 34.2 Å². The van der Waals surface area contributed by atoms with Gasteiger partial charge in [0.25, 0.3) is 0 Å². The van der Waals surface area contributed by atoms with Crippen LogP contribution in [0.25, 0.3) is 5.69 Å². The second-order valence-corrected chi connectivity index (χ2v) is 8.60. The number of hydrogen-bond acceptors (Lipinski definition) is 6. The minimum absolute atomic E-state index is 0.0486. The second kappa shape index (κ2) is 6.80. The third-order valence-corrected chi connectivity index (χ3v) is 5.14. The molecule has 1 aromatic carbocycles. The van der Waals surface area contributed by atoms with Crippen LogP contribution >= 0.6 is 23.4 Å². The van der Waals surface area contributed by atoms with Crippen LogP contribution in [0.5, 0.6) is 0 Å². The number of halogens is 1. The zero-order valence-corrected chi connectivity index (χ0v) is 16.4. The maximum absolute atomic E-state index is 6.24. The molecule has 0 aliphatic rings. The summed E-state index contributed by atoms with van der Waals surface area (Å²) < 4.78 is 7.32. The Bertz CT molecular complexity index is 883. The summed E-state index contributed by atoms with van der Waals surface area (Å²) in [6, 6.07) is 5.87. The number of hydrogen-bond donors (Lipinski definition) is 0. The summed E-state index contributed by atoms with van der Waals surface area (Å²) in [7, 11) is 0. The van der Waals surface area contributed by atoms with Crippen molar-refractivity contribution in [3.05, 3.63) is 46.8 Å². The monoisotopic (exact) mass is 377 g/mol. The van der Waals surface area contributed by atoms with Crippen molar-refractivity contribution in [3.63, 3.8) is 0 Å². The van der Waals surface area contributed by atoms with Gasteiger partial charge in [0.1, 0.15) is 6.33 Å².